The van der Waals surface area contributed by atoms with Gasteiger partial charge in [0, 0.05) is 6.54 Å². The SMILES string of the molecule is Cc1ccc(S(=O)(=O)N2CC[C@H]3CCc4ccccc4[C@H]32)cc1. The van der Waals surface area contributed by atoms with Gasteiger partial charge in [0.25, 0.3) is 0 Å². The van der Waals surface area contributed by atoms with Gasteiger partial charge < -0.3 is 0 Å². The summed E-state index contributed by atoms with van der Waals surface area (Å²) >= 11 is 0. The first-order valence-electron chi connectivity index (χ1n) is 8.24. The number of benzene rings is 2. The molecule has 23 heavy (non-hydrogen) atoms. The number of aryl methyl sites for hydroxylation is 2. The van der Waals surface area contributed by atoms with Gasteiger partial charge in [0.2, 0.25) is 10.0 Å². The van der Waals surface area contributed by atoms with Crippen LogP contribution in [0.15, 0.2) is 53.4 Å². The molecule has 0 N–H and O–H groups in total. The Morgan fingerprint density at radius 1 is 1.00 bits per heavy atom. The van der Waals surface area contributed by atoms with Crippen molar-refractivity contribution in [2.45, 2.75) is 37.1 Å². The Morgan fingerprint density at radius 2 is 1.74 bits per heavy atom. The molecule has 4 rings (SSSR count). The van der Waals surface area contributed by atoms with Crippen LogP contribution >= 0.6 is 0 Å². The highest BCUT2D eigenvalue weighted by Crippen LogP contribution is 2.46. The molecule has 1 aliphatic carbocycles. The molecular weight excluding hydrogens is 306 g/mol. The molecule has 0 saturated carbocycles. The van der Waals surface area contributed by atoms with Gasteiger partial charge in [-0.3, -0.25) is 0 Å². The number of sulfonamides is 1. The normalized spacial score (nSPS) is 24.2. The maximum Gasteiger partial charge on any atom is 0.243 e. The van der Waals surface area contributed by atoms with Crippen LogP contribution in [0.5, 0.6) is 0 Å². The first-order chi connectivity index (χ1) is 11.1. The lowest BCUT2D eigenvalue weighted by Crippen LogP contribution is -2.34. The van der Waals surface area contributed by atoms with Gasteiger partial charge >= 0.3 is 0 Å². The fourth-order valence-electron chi connectivity index (χ4n) is 4.04. The summed E-state index contributed by atoms with van der Waals surface area (Å²) in [7, 11) is -3.44. The van der Waals surface area contributed by atoms with Gasteiger partial charge in [-0.05, 0) is 55.4 Å². The number of hydrogen-bond acceptors (Lipinski definition) is 2. The summed E-state index contributed by atoms with van der Waals surface area (Å²) in [6, 6.07) is 15.5. The minimum Gasteiger partial charge on any atom is -0.207 e. The topological polar surface area (TPSA) is 37.4 Å². The second-order valence-electron chi connectivity index (χ2n) is 6.66. The third kappa shape index (κ3) is 2.41. The molecule has 0 spiro atoms. The van der Waals surface area contributed by atoms with Crippen LogP contribution in [-0.4, -0.2) is 19.3 Å². The highest BCUT2D eigenvalue weighted by Gasteiger charge is 2.44. The zero-order chi connectivity index (χ0) is 16.0. The Balaban J connectivity index is 1.77. The average molecular weight is 327 g/mol. The molecule has 2 atom stereocenters. The lowest BCUT2D eigenvalue weighted by Gasteiger charge is -2.33. The molecule has 3 nitrogen and oxygen atoms in total. The first kappa shape index (κ1) is 14.9. The van der Waals surface area contributed by atoms with E-state index in [0.29, 0.717) is 17.4 Å². The highest BCUT2D eigenvalue weighted by atomic mass is 32.2. The van der Waals surface area contributed by atoms with E-state index in [4.69, 9.17) is 0 Å². The lowest BCUT2D eigenvalue weighted by atomic mass is 9.81. The predicted octanol–water partition coefficient (Wildman–Crippen LogP) is 3.69. The van der Waals surface area contributed by atoms with Crippen molar-refractivity contribution in [3.8, 4) is 0 Å². The molecule has 1 heterocycles. The molecule has 2 aromatic rings. The molecule has 4 heteroatoms. The largest absolute Gasteiger partial charge is 0.243 e. The van der Waals surface area contributed by atoms with Crippen LogP contribution in [0.3, 0.4) is 0 Å². The molecule has 2 aliphatic rings. The summed E-state index contributed by atoms with van der Waals surface area (Å²) in [5, 5.41) is 0. The fourth-order valence-corrected chi connectivity index (χ4v) is 5.72. The van der Waals surface area contributed by atoms with Gasteiger partial charge in [0.05, 0.1) is 10.9 Å². The van der Waals surface area contributed by atoms with Crippen molar-refractivity contribution < 1.29 is 8.42 Å². The predicted molar refractivity (Wildman–Crippen MR) is 90.7 cm³/mol. The van der Waals surface area contributed by atoms with Crippen LogP contribution in [0.25, 0.3) is 0 Å². The van der Waals surface area contributed by atoms with Crippen molar-refractivity contribution in [3.05, 3.63) is 65.2 Å². The standard InChI is InChI=1S/C19H21NO2S/c1-14-6-10-17(11-7-14)23(21,22)20-13-12-16-9-8-15-4-2-3-5-18(15)19(16)20/h2-7,10-11,16,19H,8-9,12-13H2,1H3/t16-,19+/m1/s1. The molecule has 0 amide bonds. The van der Waals surface area contributed by atoms with Crippen LogP contribution < -0.4 is 0 Å². The van der Waals surface area contributed by atoms with Gasteiger partial charge in [0.15, 0.2) is 0 Å². The zero-order valence-electron chi connectivity index (χ0n) is 13.3. The maximum atomic E-state index is 13.1. The third-order valence-corrected chi connectivity index (χ3v) is 7.16. The molecule has 0 bridgehead atoms. The molecular formula is C19H21NO2S. The number of rotatable bonds is 2. The molecule has 0 aromatic heterocycles. The van der Waals surface area contributed by atoms with Crippen molar-refractivity contribution in [2.75, 3.05) is 6.54 Å². The maximum absolute atomic E-state index is 13.1. The van der Waals surface area contributed by atoms with Crippen molar-refractivity contribution in [2.24, 2.45) is 5.92 Å². The second kappa shape index (κ2) is 5.46. The van der Waals surface area contributed by atoms with E-state index in [9.17, 15) is 8.42 Å². The highest BCUT2D eigenvalue weighted by molar-refractivity contribution is 7.89. The molecule has 0 radical (unpaired) electrons. The summed E-state index contributed by atoms with van der Waals surface area (Å²) in [6.07, 6.45) is 3.11. The van der Waals surface area contributed by atoms with Crippen LogP contribution in [0, 0.1) is 12.8 Å². The summed E-state index contributed by atoms with van der Waals surface area (Å²) in [6.45, 7) is 2.60. The molecule has 1 saturated heterocycles. The van der Waals surface area contributed by atoms with Crippen molar-refractivity contribution in [1.29, 1.82) is 0 Å². The Kier molecular flexibility index (Phi) is 3.54. The lowest BCUT2D eigenvalue weighted by molar-refractivity contribution is 0.316. The van der Waals surface area contributed by atoms with Gasteiger partial charge in [-0.2, -0.15) is 4.31 Å². The van der Waals surface area contributed by atoms with E-state index < -0.39 is 10.0 Å². The Bertz CT molecular complexity index is 827. The van der Waals surface area contributed by atoms with Gasteiger partial charge in [-0.1, -0.05) is 42.0 Å². The van der Waals surface area contributed by atoms with Crippen molar-refractivity contribution in [1.82, 2.24) is 4.31 Å². The summed E-state index contributed by atoms with van der Waals surface area (Å²) in [5.74, 6) is 0.449. The van der Waals surface area contributed by atoms with E-state index in [1.54, 1.807) is 16.4 Å². The zero-order valence-corrected chi connectivity index (χ0v) is 14.1. The van der Waals surface area contributed by atoms with E-state index in [1.807, 2.05) is 31.2 Å². The number of hydrogen-bond donors (Lipinski definition) is 0. The second-order valence-corrected chi connectivity index (χ2v) is 8.55. The van der Waals surface area contributed by atoms with E-state index >= 15 is 0 Å². The van der Waals surface area contributed by atoms with E-state index in [0.717, 1.165) is 24.8 Å². The average Bonchev–Trinajstić information content (AvgIpc) is 3.00. The molecule has 1 fully saturated rings. The smallest absolute Gasteiger partial charge is 0.207 e. The molecule has 0 unspecified atom stereocenters. The van der Waals surface area contributed by atoms with Crippen molar-refractivity contribution in [3.63, 3.8) is 0 Å². The van der Waals surface area contributed by atoms with E-state index in [1.165, 1.54) is 11.1 Å². The minimum atomic E-state index is -3.44. The van der Waals surface area contributed by atoms with Crippen LogP contribution in [0.1, 0.15) is 35.6 Å². The molecule has 120 valence electrons. The third-order valence-electron chi connectivity index (χ3n) is 5.26. The number of nitrogens with zero attached hydrogens (tertiary/aromatic N) is 1. The van der Waals surface area contributed by atoms with Gasteiger partial charge in [0.1, 0.15) is 0 Å². The van der Waals surface area contributed by atoms with Crippen LogP contribution in [0.2, 0.25) is 0 Å². The molecule has 1 aliphatic heterocycles. The van der Waals surface area contributed by atoms with Crippen molar-refractivity contribution >= 4 is 10.0 Å². The Hall–Kier alpha value is -1.65. The van der Waals surface area contributed by atoms with Gasteiger partial charge in [-0.25, -0.2) is 8.42 Å². The van der Waals surface area contributed by atoms with Crippen LogP contribution in [0.4, 0.5) is 0 Å². The first-order valence-corrected chi connectivity index (χ1v) is 9.68. The summed E-state index contributed by atoms with van der Waals surface area (Å²) in [5.41, 5.74) is 3.59. The van der Waals surface area contributed by atoms with E-state index in [2.05, 4.69) is 12.1 Å². The summed E-state index contributed by atoms with van der Waals surface area (Å²) < 4.78 is 28.0. The van der Waals surface area contributed by atoms with E-state index in [-0.39, 0.29) is 6.04 Å². The summed E-state index contributed by atoms with van der Waals surface area (Å²) in [4.78, 5) is 0.409. The Labute approximate surface area is 138 Å². The van der Waals surface area contributed by atoms with Gasteiger partial charge in [-0.15, -0.1) is 0 Å². The monoisotopic (exact) mass is 327 g/mol. The van der Waals surface area contributed by atoms with Crippen LogP contribution in [-0.2, 0) is 16.4 Å². The number of fused-ring (bicyclic) bond motifs is 3. The quantitative estimate of drug-likeness (QED) is 0.843. The minimum absolute atomic E-state index is 0.00579. The molecule has 2 aromatic carbocycles. The fraction of sp³-hybridized carbons (Fsp3) is 0.368. The Morgan fingerprint density at radius 3 is 2.52 bits per heavy atom.